The molecule has 0 aliphatic carbocycles. The van der Waals surface area contributed by atoms with Crippen LogP contribution in [-0.2, 0) is 4.74 Å². The van der Waals surface area contributed by atoms with Gasteiger partial charge in [-0.25, -0.2) is 0 Å². The predicted molar refractivity (Wildman–Crippen MR) is 59.0 cm³/mol. The molecular weight excluding hydrogens is 239 g/mol. The van der Waals surface area contributed by atoms with E-state index in [2.05, 4.69) is 11.4 Å². The number of carbonyl (C=O) groups is 1. The number of ether oxygens (including phenoxy) is 1. The van der Waals surface area contributed by atoms with Crippen LogP contribution in [0, 0.1) is 0 Å². The van der Waals surface area contributed by atoms with Gasteiger partial charge in [0.15, 0.2) is 0 Å². The van der Waals surface area contributed by atoms with Crippen molar-refractivity contribution in [1.82, 2.24) is 0 Å². The Balaban J connectivity index is 2.36. The molecule has 0 fully saturated rings. The molecule has 1 aromatic rings. The molecule has 0 radical (unpaired) electrons. The van der Waals surface area contributed by atoms with E-state index in [1.54, 1.807) is 12.1 Å². The summed E-state index contributed by atoms with van der Waals surface area (Å²) >= 11 is -0.659. The maximum absolute atomic E-state index is 11.4. The summed E-state index contributed by atoms with van der Waals surface area (Å²) in [5.74, 6) is -0.207. The molecule has 14 heavy (non-hydrogen) atoms. The van der Waals surface area contributed by atoms with E-state index in [9.17, 15) is 4.79 Å². The first-order valence-corrected chi connectivity index (χ1v) is 9.65. The second kappa shape index (κ2) is 5.87. The number of hydrogen-bond donors (Lipinski definition) is 0. The molecule has 0 saturated heterocycles. The van der Waals surface area contributed by atoms with Gasteiger partial charge in [-0.2, -0.15) is 0 Å². The molecule has 0 amide bonds. The van der Waals surface area contributed by atoms with Gasteiger partial charge < -0.3 is 0 Å². The van der Waals surface area contributed by atoms with Crippen LogP contribution in [0.4, 0.5) is 0 Å². The molecule has 0 bridgehead atoms. The van der Waals surface area contributed by atoms with Crippen LogP contribution in [0.15, 0.2) is 30.3 Å². The molecule has 3 heteroatoms. The molecule has 0 saturated carbocycles. The third-order valence-corrected chi connectivity index (χ3v) is 4.04. The van der Waals surface area contributed by atoms with Gasteiger partial charge in [-0.3, -0.25) is 0 Å². The zero-order valence-corrected chi connectivity index (χ0v) is 10.4. The Labute approximate surface area is 89.5 Å². The Morgan fingerprint density at radius 3 is 2.50 bits per heavy atom. The molecule has 1 rings (SSSR count). The van der Waals surface area contributed by atoms with Crippen molar-refractivity contribution >= 4 is 20.6 Å². The van der Waals surface area contributed by atoms with Crippen molar-refractivity contribution in [3.05, 3.63) is 35.9 Å². The fourth-order valence-corrected chi connectivity index (χ4v) is 1.94. The third-order valence-electron chi connectivity index (χ3n) is 1.78. The number of rotatable bonds is 4. The molecule has 0 heterocycles. The third kappa shape index (κ3) is 3.97. The molecule has 76 valence electrons. The summed E-state index contributed by atoms with van der Waals surface area (Å²) in [5, 5.41) is 1.06. The van der Waals surface area contributed by atoms with E-state index in [4.69, 9.17) is 4.74 Å². The van der Waals surface area contributed by atoms with Crippen LogP contribution in [0.1, 0.15) is 10.4 Å². The van der Waals surface area contributed by atoms with E-state index in [0.29, 0.717) is 12.2 Å². The Hall–Kier alpha value is -0.752. The molecule has 0 aliphatic heterocycles. The molecule has 1 aromatic carbocycles. The number of benzene rings is 1. The minimum absolute atomic E-state index is 0.207. The number of carbonyl (C=O) groups excluding carboxylic acids is 1. The molecule has 2 nitrogen and oxygen atoms in total. The number of hydrogen-bond acceptors (Lipinski definition) is 2. The Morgan fingerprint density at radius 2 is 1.93 bits per heavy atom. The van der Waals surface area contributed by atoms with Crippen LogP contribution in [0.3, 0.4) is 0 Å². The maximum atomic E-state index is 11.4. The van der Waals surface area contributed by atoms with Crippen LogP contribution in [0.5, 0.6) is 0 Å². The van der Waals surface area contributed by atoms with Crippen LogP contribution >= 0.6 is 0 Å². The van der Waals surface area contributed by atoms with Gasteiger partial charge in [-0.1, -0.05) is 0 Å². The molecule has 0 unspecified atom stereocenters. The van der Waals surface area contributed by atoms with Crippen molar-refractivity contribution in [2.24, 2.45) is 0 Å². The summed E-state index contributed by atoms with van der Waals surface area (Å²) in [6.07, 6.45) is 0. The first-order valence-electron chi connectivity index (χ1n) is 4.57. The van der Waals surface area contributed by atoms with Gasteiger partial charge in [0.05, 0.1) is 0 Å². The summed E-state index contributed by atoms with van der Waals surface area (Å²) in [6.45, 7) is 0.570. The molecule has 0 N–H and O–H groups in total. The van der Waals surface area contributed by atoms with E-state index >= 15 is 0 Å². The van der Waals surface area contributed by atoms with Gasteiger partial charge in [-0.05, 0) is 0 Å². The van der Waals surface area contributed by atoms with E-state index < -0.39 is 14.7 Å². The standard InChI is InChI=1S/C11H15AsO2/c1-12(2)8-9-14-11(13)10-6-4-3-5-7-10/h3-7H,8-9H2,1-2H3. The van der Waals surface area contributed by atoms with E-state index in [-0.39, 0.29) is 5.97 Å². The Morgan fingerprint density at radius 1 is 1.29 bits per heavy atom. The summed E-state index contributed by atoms with van der Waals surface area (Å²) in [7, 11) is 0. The fraction of sp³-hybridized carbons (Fsp3) is 0.364. The van der Waals surface area contributed by atoms with Crippen molar-refractivity contribution in [3.8, 4) is 0 Å². The van der Waals surface area contributed by atoms with Gasteiger partial charge >= 0.3 is 89.3 Å². The fourth-order valence-electron chi connectivity index (χ4n) is 0.978. The SMILES string of the molecule is C[As](C)CCOC(=O)c1ccccc1. The summed E-state index contributed by atoms with van der Waals surface area (Å²) in [6, 6.07) is 9.12. The average molecular weight is 254 g/mol. The summed E-state index contributed by atoms with van der Waals surface area (Å²) in [5.41, 5.74) is 5.14. The monoisotopic (exact) mass is 254 g/mol. The van der Waals surface area contributed by atoms with Crippen molar-refractivity contribution in [3.63, 3.8) is 0 Å². The topological polar surface area (TPSA) is 26.3 Å². The van der Waals surface area contributed by atoms with Crippen molar-refractivity contribution in [2.75, 3.05) is 6.61 Å². The second-order valence-corrected chi connectivity index (χ2v) is 8.77. The van der Waals surface area contributed by atoms with Crippen LogP contribution < -0.4 is 0 Å². The Bertz CT molecular complexity index is 283. The van der Waals surface area contributed by atoms with Gasteiger partial charge in [0, 0.05) is 0 Å². The first kappa shape index (κ1) is 11.3. The van der Waals surface area contributed by atoms with E-state index in [1.165, 1.54) is 0 Å². The first-order chi connectivity index (χ1) is 6.70. The zero-order chi connectivity index (χ0) is 10.4. The normalized spacial score (nSPS) is 10.2. The van der Waals surface area contributed by atoms with Crippen molar-refractivity contribution in [1.29, 1.82) is 0 Å². The van der Waals surface area contributed by atoms with Gasteiger partial charge in [0.1, 0.15) is 0 Å². The minimum atomic E-state index is -0.659. The van der Waals surface area contributed by atoms with E-state index in [1.807, 2.05) is 18.2 Å². The van der Waals surface area contributed by atoms with Crippen LogP contribution in [0.25, 0.3) is 0 Å². The van der Waals surface area contributed by atoms with Gasteiger partial charge in [0.25, 0.3) is 0 Å². The van der Waals surface area contributed by atoms with Crippen molar-refractivity contribution < 1.29 is 9.53 Å². The Kier molecular flexibility index (Phi) is 4.75. The molecule has 0 aromatic heterocycles. The van der Waals surface area contributed by atoms with Crippen molar-refractivity contribution in [2.45, 2.75) is 16.6 Å². The second-order valence-electron chi connectivity index (χ2n) is 3.31. The number of esters is 1. The van der Waals surface area contributed by atoms with E-state index in [0.717, 1.165) is 5.21 Å². The zero-order valence-electron chi connectivity index (χ0n) is 8.56. The van der Waals surface area contributed by atoms with Gasteiger partial charge in [-0.15, -0.1) is 0 Å². The average Bonchev–Trinajstić information content (AvgIpc) is 2.18. The molecule has 0 spiro atoms. The van der Waals surface area contributed by atoms with Crippen LogP contribution in [0.2, 0.25) is 16.6 Å². The predicted octanol–water partition coefficient (Wildman–Crippen LogP) is 2.60. The summed E-state index contributed by atoms with van der Waals surface area (Å²) in [4.78, 5) is 11.4. The van der Waals surface area contributed by atoms with Crippen LogP contribution in [-0.4, -0.2) is 27.2 Å². The summed E-state index contributed by atoms with van der Waals surface area (Å²) < 4.78 is 5.14. The molecule has 0 aliphatic rings. The molecule has 0 atom stereocenters. The quantitative estimate of drug-likeness (QED) is 0.609. The van der Waals surface area contributed by atoms with Gasteiger partial charge in [0.2, 0.25) is 0 Å². The molecular formula is C11H15AsO2.